The van der Waals surface area contributed by atoms with Crippen molar-refractivity contribution >= 4 is 28.5 Å². The van der Waals surface area contributed by atoms with E-state index in [1.807, 2.05) is 12.1 Å². The second kappa shape index (κ2) is 12.4. The van der Waals surface area contributed by atoms with Gasteiger partial charge in [-0.05, 0) is 85.4 Å². The summed E-state index contributed by atoms with van der Waals surface area (Å²) in [5.41, 5.74) is 6.28. The summed E-state index contributed by atoms with van der Waals surface area (Å²) in [5.74, 6) is 0.388. The fourth-order valence-corrected chi connectivity index (χ4v) is 13.5. The van der Waals surface area contributed by atoms with Crippen molar-refractivity contribution in [2.24, 2.45) is 17.3 Å². The van der Waals surface area contributed by atoms with E-state index in [4.69, 9.17) is 14.2 Å². The van der Waals surface area contributed by atoms with Gasteiger partial charge >= 0.3 is 11.9 Å². The molecule has 9 atom stereocenters. The molecular weight excluding hydrogens is 697 g/mol. The summed E-state index contributed by atoms with van der Waals surface area (Å²) >= 11 is 0. The molecular formula is C44H52N4O7. The van der Waals surface area contributed by atoms with Crippen LogP contribution in [0.1, 0.15) is 62.3 Å². The van der Waals surface area contributed by atoms with Gasteiger partial charge in [-0.1, -0.05) is 37.6 Å². The highest BCUT2D eigenvalue weighted by molar-refractivity contribution is 5.94. The molecule has 0 radical (unpaired) electrons. The lowest BCUT2D eigenvalue weighted by molar-refractivity contribution is -0.197. The van der Waals surface area contributed by atoms with Crippen LogP contribution in [0.15, 0.2) is 65.4 Å². The predicted molar refractivity (Wildman–Crippen MR) is 206 cm³/mol. The van der Waals surface area contributed by atoms with E-state index in [2.05, 4.69) is 63.0 Å². The van der Waals surface area contributed by atoms with Crippen LogP contribution in [0.2, 0.25) is 0 Å². The van der Waals surface area contributed by atoms with Crippen molar-refractivity contribution in [3.8, 4) is 5.75 Å². The third-order valence-electron chi connectivity index (χ3n) is 15.1. The Morgan fingerprint density at radius 3 is 2.67 bits per heavy atom. The second-order valence-corrected chi connectivity index (χ2v) is 17.3. The number of ether oxygens (including phenoxy) is 3. The van der Waals surface area contributed by atoms with Crippen molar-refractivity contribution in [2.75, 3.05) is 52.9 Å². The number of hydrogen-bond donors (Lipinski definition) is 3. The van der Waals surface area contributed by atoms with Crippen LogP contribution in [-0.4, -0.2) is 102 Å². The number of hydrogen-bond acceptors (Lipinski definition) is 10. The number of aromatic nitrogens is 1. The molecule has 4 bridgehead atoms. The highest BCUT2D eigenvalue weighted by atomic mass is 16.5. The number of benzene rings is 2. The van der Waals surface area contributed by atoms with Crippen molar-refractivity contribution in [1.82, 2.24) is 14.4 Å². The van der Waals surface area contributed by atoms with E-state index in [0.29, 0.717) is 44.3 Å². The van der Waals surface area contributed by atoms with Gasteiger partial charge in [-0.3, -0.25) is 14.6 Å². The third-order valence-corrected chi connectivity index (χ3v) is 15.1. The van der Waals surface area contributed by atoms with Crippen LogP contribution in [0.25, 0.3) is 10.9 Å². The topological polar surface area (TPSA) is 126 Å². The predicted octanol–water partition coefficient (Wildman–Crippen LogP) is 4.63. The van der Waals surface area contributed by atoms with Crippen molar-refractivity contribution in [3.63, 3.8) is 0 Å². The monoisotopic (exact) mass is 748 g/mol. The summed E-state index contributed by atoms with van der Waals surface area (Å²) in [6.45, 7) is 4.94. The van der Waals surface area contributed by atoms with Crippen LogP contribution in [0.5, 0.6) is 5.75 Å². The van der Waals surface area contributed by atoms with Gasteiger partial charge in [0.15, 0.2) is 0 Å². The fraction of sp³-hybridized carbons (Fsp3) is 0.545. The molecule has 3 aromatic rings. The Labute approximate surface area is 321 Å². The van der Waals surface area contributed by atoms with E-state index >= 15 is 0 Å². The third kappa shape index (κ3) is 4.46. The normalized spacial score (nSPS) is 35.3. The summed E-state index contributed by atoms with van der Waals surface area (Å²) < 4.78 is 19.5. The second-order valence-electron chi connectivity index (χ2n) is 17.3. The van der Waals surface area contributed by atoms with Crippen molar-refractivity contribution < 1.29 is 34.0 Å². The lowest BCUT2D eigenvalue weighted by Gasteiger charge is -2.60. The number of methoxy groups -OCH3 is 3. The smallest absolute Gasteiger partial charge is 0.335 e. The molecule has 11 rings (SSSR count). The zero-order valence-electron chi connectivity index (χ0n) is 32.3. The van der Waals surface area contributed by atoms with Gasteiger partial charge < -0.3 is 34.3 Å². The Morgan fingerprint density at radius 2 is 1.91 bits per heavy atom. The SMILES string of the molecule is CC[C@H]1C[C@@H]2C[C@@]3(C(=O)OC)c4c(c5cc(OC)ccc5n4CC4=C[C@@]5(CCO)CC(C(=O)OC)=C6Nc7ccccc7[C@@]67CCN(C4)[C@@H]57)CCN([C@@H]2O)[C@@H]13. The van der Waals surface area contributed by atoms with Gasteiger partial charge in [0.1, 0.15) is 17.4 Å². The molecule has 0 amide bonds. The molecule has 6 aliphatic heterocycles. The van der Waals surface area contributed by atoms with Gasteiger partial charge in [0.05, 0.1) is 32.3 Å². The minimum absolute atomic E-state index is 0.0181. The highest BCUT2D eigenvalue weighted by Gasteiger charge is 2.68. The van der Waals surface area contributed by atoms with Gasteiger partial charge in [0, 0.05) is 84.2 Å². The molecule has 11 nitrogen and oxygen atoms in total. The standard InChI is InChI=1S/C44H52N4O7/c1-5-26-18-27-21-44(41(52)55-4)36(26)47(38(27)50)15-12-29-30-19-28(53-2)10-11-34(30)48(37(29)44)24-25-20-42(14-17-49)22-31(39(51)54-3)35-43(13-16-46(23-25)40(42)43)32-8-6-7-9-33(32)45-35/h6-11,19-20,26-27,36,38,40,45,49-50H,5,12-18,21-24H2,1-4H3/t26-,27+,36-,38+,40-,42-,43-,44-/m0/s1. The van der Waals surface area contributed by atoms with Gasteiger partial charge in [-0.25, -0.2) is 4.79 Å². The molecule has 1 unspecified atom stereocenters. The molecule has 1 aromatic heterocycles. The molecule has 290 valence electrons. The van der Waals surface area contributed by atoms with Crippen molar-refractivity contribution in [2.45, 2.75) is 87.6 Å². The molecule has 8 aliphatic rings. The Kier molecular flexibility index (Phi) is 7.96. The number of nitrogens with one attached hydrogen (secondary N) is 1. The summed E-state index contributed by atoms with van der Waals surface area (Å²) in [7, 11) is 4.64. The quantitative estimate of drug-likeness (QED) is 0.222. The fourth-order valence-electron chi connectivity index (χ4n) is 13.5. The molecule has 4 fully saturated rings. The molecule has 11 heteroatoms. The van der Waals surface area contributed by atoms with Gasteiger partial charge in [-0.15, -0.1) is 0 Å². The molecule has 55 heavy (non-hydrogen) atoms. The molecule has 3 N–H and O–H groups in total. The van der Waals surface area contributed by atoms with Crippen LogP contribution in [0, 0.1) is 17.3 Å². The number of carbonyl (C=O) groups is 2. The first-order valence-electron chi connectivity index (χ1n) is 20.2. The summed E-state index contributed by atoms with van der Waals surface area (Å²) in [6.07, 6.45) is 6.63. The first-order chi connectivity index (χ1) is 26.7. The summed E-state index contributed by atoms with van der Waals surface area (Å²) in [5, 5.41) is 27.3. The van der Waals surface area contributed by atoms with Crippen LogP contribution < -0.4 is 10.1 Å². The number of anilines is 1. The lowest BCUT2D eigenvalue weighted by atomic mass is 9.54. The van der Waals surface area contributed by atoms with Gasteiger partial charge in [0.25, 0.3) is 0 Å². The largest absolute Gasteiger partial charge is 0.497 e. The van der Waals surface area contributed by atoms with Gasteiger partial charge in [-0.2, -0.15) is 0 Å². The Bertz CT molecular complexity index is 2190. The zero-order chi connectivity index (χ0) is 38.0. The number of esters is 2. The minimum atomic E-state index is -0.965. The van der Waals surface area contributed by atoms with Crippen LogP contribution in [0.3, 0.4) is 0 Å². The first-order valence-corrected chi connectivity index (χ1v) is 20.2. The number of piperidine rings is 2. The molecule has 3 saturated heterocycles. The molecule has 1 spiro atoms. The Balaban J connectivity index is 1.18. The zero-order valence-corrected chi connectivity index (χ0v) is 32.3. The minimum Gasteiger partial charge on any atom is -0.497 e. The molecule has 7 heterocycles. The molecule has 2 aromatic carbocycles. The summed E-state index contributed by atoms with van der Waals surface area (Å²) in [4.78, 5) is 33.3. The van der Waals surface area contributed by atoms with Crippen LogP contribution >= 0.6 is 0 Å². The number of carbonyl (C=O) groups excluding carboxylic acids is 2. The number of para-hydroxylation sites is 1. The number of nitrogens with zero attached hydrogens (tertiary/aromatic N) is 3. The van der Waals surface area contributed by atoms with Crippen LogP contribution in [-0.2, 0) is 42.9 Å². The number of fused-ring (bicyclic) bond motifs is 5. The van der Waals surface area contributed by atoms with E-state index in [0.717, 1.165) is 71.6 Å². The maximum atomic E-state index is 14.7. The van der Waals surface area contributed by atoms with E-state index in [-0.39, 0.29) is 42.5 Å². The highest BCUT2D eigenvalue weighted by Crippen LogP contribution is 2.65. The van der Waals surface area contributed by atoms with E-state index in [1.165, 1.54) is 25.4 Å². The number of rotatable bonds is 8. The molecule has 2 aliphatic carbocycles. The van der Waals surface area contributed by atoms with Gasteiger partial charge in [0.2, 0.25) is 0 Å². The van der Waals surface area contributed by atoms with Crippen molar-refractivity contribution in [3.05, 3.63) is 82.2 Å². The lowest BCUT2D eigenvalue weighted by Crippen LogP contribution is -2.71. The Morgan fingerprint density at radius 1 is 1.07 bits per heavy atom. The summed E-state index contributed by atoms with van der Waals surface area (Å²) in [6, 6.07) is 14.5. The average molecular weight is 749 g/mol. The van der Waals surface area contributed by atoms with E-state index in [1.54, 1.807) is 7.11 Å². The first kappa shape index (κ1) is 35.3. The van der Waals surface area contributed by atoms with Crippen molar-refractivity contribution in [1.29, 1.82) is 0 Å². The number of aliphatic hydroxyl groups is 2. The van der Waals surface area contributed by atoms with E-state index in [9.17, 15) is 19.8 Å². The van der Waals surface area contributed by atoms with E-state index < -0.39 is 22.5 Å². The number of aliphatic hydroxyl groups excluding tert-OH is 2. The Hall–Kier alpha value is -4.16. The average Bonchev–Trinajstić information content (AvgIpc) is 3.83. The molecule has 1 saturated carbocycles. The van der Waals surface area contributed by atoms with Crippen LogP contribution in [0.4, 0.5) is 5.69 Å². The maximum absolute atomic E-state index is 14.7. The maximum Gasteiger partial charge on any atom is 0.335 e.